The van der Waals surface area contributed by atoms with Crippen molar-refractivity contribution in [1.29, 1.82) is 0 Å². The van der Waals surface area contributed by atoms with Crippen molar-refractivity contribution in [3.63, 3.8) is 0 Å². The number of carboxylic acids is 1. The highest BCUT2D eigenvalue weighted by Crippen LogP contribution is 2.52. The first-order valence-corrected chi connectivity index (χ1v) is 8.63. The predicted octanol–water partition coefficient (Wildman–Crippen LogP) is 2.16. The van der Waals surface area contributed by atoms with Gasteiger partial charge in [-0.15, -0.1) is 0 Å². The first kappa shape index (κ1) is 15.6. The van der Waals surface area contributed by atoms with Crippen LogP contribution in [-0.2, 0) is 14.3 Å². The van der Waals surface area contributed by atoms with E-state index < -0.39 is 29.5 Å². The highest BCUT2D eigenvalue weighted by Gasteiger charge is 2.67. The molecule has 128 valence electrons. The lowest BCUT2D eigenvalue weighted by Gasteiger charge is -2.26. The van der Waals surface area contributed by atoms with Gasteiger partial charge in [-0.2, -0.15) is 0 Å². The van der Waals surface area contributed by atoms with Crippen LogP contribution in [0, 0.1) is 17.8 Å². The summed E-state index contributed by atoms with van der Waals surface area (Å²) in [6.07, 6.45) is 8.52. The number of nitrogens with zero attached hydrogens (tertiary/aromatic N) is 1. The largest absolute Gasteiger partial charge is 0.481 e. The van der Waals surface area contributed by atoms with E-state index >= 15 is 0 Å². The summed E-state index contributed by atoms with van der Waals surface area (Å²) in [7, 11) is 0. The summed E-state index contributed by atoms with van der Waals surface area (Å²) in [4.78, 5) is 26.2. The highest BCUT2D eigenvalue weighted by molar-refractivity contribution is 5.90. The number of rotatable bonds is 4. The minimum Gasteiger partial charge on any atom is -0.481 e. The van der Waals surface area contributed by atoms with Crippen molar-refractivity contribution in [2.45, 2.75) is 37.9 Å². The summed E-state index contributed by atoms with van der Waals surface area (Å²) in [5.74, 6) is -1.79. The zero-order valence-corrected chi connectivity index (χ0v) is 13.9. The van der Waals surface area contributed by atoms with E-state index in [-0.39, 0.29) is 5.91 Å². The highest BCUT2D eigenvalue weighted by atomic mass is 16.5. The fourth-order valence-electron chi connectivity index (χ4n) is 4.72. The van der Waals surface area contributed by atoms with E-state index in [0.29, 0.717) is 19.0 Å². The van der Waals surface area contributed by atoms with Gasteiger partial charge in [-0.1, -0.05) is 36.0 Å². The molecule has 5 nitrogen and oxygen atoms in total. The average molecular weight is 329 g/mol. The summed E-state index contributed by atoms with van der Waals surface area (Å²) in [6.45, 7) is 7.16. The molecule has 0 radical (unpaired) electrons. The fourth-order valence-corrected chi connectivity index (χ4v) is 4.72. The number of hydrogen-bond donors (Lipinski definition) is 1. The van der Waals surface area contributed by atoms with Crippen LogP contribution >= 0.6 is 0 Å². The minimum absolute atomic E-state index is 0.0721. The molecule has 0 saturated carbocycles. The van der Waals surface area contributed by atoms with E-state index in [0.717, 1.165) is 19.3 Å². The van der Waals surface area contributed by atoms with E-state index in [2.05, 4.69) is 19.6 Å². The molecular weight excluding hydrogens is 306 g/mol. The molecule has 0 aromatic heterocycles. The van der Waals surface area contributed by atoms with Gasteiger partial charge >= 0.3 is 5.97 Å². The van der Waals surface area contributed by atoms with Gasteiger partial charge in [-0.25, -0.2) is 0 Å². The smallest absolute Gasteiger partial charge is 0.310 e. The van der Waals surface area contributed by atoms with Gasteiger partial charge in [0, 0.05) is 6.54 Å². The zero-order chi connectivity index (χ0) is 17.1. The molecular formula is C19H23NO4. The van der Waals surface area contributed by atoms with E-state index in [9.17, 15) is 14.7 Å². The second-order valence-corrected chi connectivity index (χ2v) is 7.61. The van der Waals surface area contributed by atoms with Gasteiger partial charge in [0.15, 0.2) is 0 Å². The van der Waals surface area contributed by atoms with Crippen LogP contribution in [0.25, 0.3) is 0 Å². The summed E-state index contributed by atoms with van der Waals surface area (Å²) >= 11 is 0. The molecule has 3 aliphatic heterocycles. The van der Waals surface area contributed by atoms with Crippen LogP contribution in [0.2, 0.25) is 0 Å². The third-order valence-corrected chi connectivity index (χ3v) is 6.06. The van der Waals surface area contributed by atoms with Crippen molar-refractivity contribution in [1.82, 2.24) is 4.90 Å². The number of ether oxygens (including phenoxy) is 1. The number of likely N-dealkylation sites (tertiary alicyclic amines) is 1. The quantitative estimate of drug-likeness (QED) is 0.803. The van der Waals surface area contributed by atoms with Crippen molar-refractivity contribution in [2.24, 2.45) is 17.8 Å². The Morgan fingerprint density at radius 1 is 1.54 bits per heavy atom. The van der Waals surface area contributed by atoms with Gasteiger partial charge in [-0.3, -0.25) is 9.59 Å². The summed E-state index contributed by atoms with van der Waals surface area (Å²) in [5, 5.41) is 9.48. The number of fused-ring (bicyclic) bond motifs is 1. The maximum absolute atomic E-state index is 12.8. The number of hydrogen-bond acceptors (Lipinski definition) is 3. The number of amides is 1. The van der Waals surface area contributed by atoms with Crippen molar-refractivity contribution in [3.05, 3.63) is 36.0 Å². The number of allylic oxidation sites excluding steroid dienone is 2. The van der Waals surface area contributed by atoms with Crippen LogP contribution in [0.15, 0.2) is 36.0 Å². The van der Waals surface area contributed by atoms with Crippen LogP contribution in [0.1, 0.15) is 26.2 Å². The normalized spacial score (nSPS) is 40.0. The molecule has 0 aromatic rings. The third kappa shape index (κ3) is 2.18. The van der Waals surface area contributed by atoms with Gasteiger partial charge in [0.1, 0.15) is 11.5 Å². The molecule has 4 rings (SSSR count). The lowest BCUT2D eigenvalue weighted by Crippen LogP contribution is -2.39. The Hall–Kier alpha value is -1.88. The molecule has 0 aromatic carbocycles. The molecule has 0 unspecified atom stereocenters. The Labute approximate surface area is 141 Å². The molecule has 2 fully saturated rings. The lowest BCUT2D eigenvalue weighted by molar-refractivity contribution is -0.148. The number of carbonyl (C=O) groups excluding carboxylic acids is 1. The van der Waals surface area contributed by atoms with Gasteiger partial charge in [0.25, 0.3) is 0 Å². The average Bonchev–Trinajstić information content (AvgIpc) is 3.16. The minimum atomic E-state index is -0.937. The summed E-state index contributed by atoms with van der Waals surface area (Å²) < 4.78 is 5.91. The van der Waals surface area contributed by atoms with Gasteiger partial charge < -0.3 is 14.7 Å². The summed E-state index contributed by atoms with van der Waals surface area (Å²) in [6, 6.07) is 0. The molecule has 4 aliphatic rings. The number of aliphatic carboxylic acids is 1. The number of carbonyl (C=O) groups is 2. The van der Waals surface area contributed by atoms with Crippen LogP contribution in [0.4, 0.5) is 0 Å². The lowest BCUT2D eigenvalue weighted by atomic mass is 9.77. The number of carboxylic acid groups (broad SMARTS) is 1. The van der Waals surface area contributed by atoms with Crippen molar-refractivity contribution < 1.29 is 19.4 Å². The molecule has 1 aliphatic carbocycles. The van der Waals surface area contributed by atoms with Crippen LogP contribution < -0.4 is 0 Å². The first-order valence-electron chi connectivity index (χ1n) is 8.63. The molecule has 5 atom stereocenters. The van der Waals surface area contributed by atoms with Crippen molar-refractivity contribution in [2.75, 3.05) is 13.1 Å². The maximum Gasteiger partial charge on any atom is 0.310 e. The molecule has 2 bridgehead atoms. The topological polar surface area (TPSA) is 66.8 Å². The van der Waals surface area contributed by atoms with E-state index in [1.165, 1.54) is 11.1 Å². The molecule has 24 heavy (non-hydrogen) atoms. The SMILES string of the molecule is C=C(C)[C@@H]1CC=C(CN2C[C@@]34C=C[C@@H](O3)[C@H](C(=O)O)[C@H]4C2=O)CC1. The zero-order valence-electron chi connectivity index (χ0n) is 13.9. The second kappa shape index (κ2) is 5.31. The maximum atomic E-state index is 12.8. The first-order chi connectivity index (χ1) is 11.4. The van der Waals surface area contributed by atoms with Crippen molar-refractivity contribution in [3.8, 4) is 0 Å². The monoisotopic (exact) mass is 329 g/mol. The van der Waals surface area contributed by atoms with Gasteiger partial charge in [0.2, 0.25) is 5.91 Å². The Morgan fingerprint density at radius 2 is 2.33 bits per heavy atom. The Kier molecular flexibility index (Phi) is 3.46. The molecule has 1 amide bonds. The second-order valence-electron chi connectivity index (χ2n) is 7.61. The van der Waals surface area contributed by atoms with Crippen LogP contribution in [0.5, 0.6) is 0 Å². The Morgan fingerprint density at radius 3 is 2.96 bits per heavy atom. The Balaban J connectivity index is 1.50. The van der Waals surface area contributed by atoms with E-state index in [1.54, 1.807) is 4.90 Å². The fraction of sp³-hybridized carbons (Fsp3) is 0.579. The molecule has 1 N–H and O–H groups in total. The van der Waals surface area contributed by atoms with Gasteiger partial charge in [-0.05, 0) is 32.1 Å². The van der Waals surface area contributed by atoms with Crippen molar-refractivity contribution >= 4 is 11.9 Å². The Bertz CT molecular complexity index is 679. The molecule has 1 spiro atoms. The predicted molar refractivity (Wildman–Crippen MR) is 88.2 cm³/mol. The van der Waals surface area contributed by atoms with Crippen LogP contribution in [-0.4, -0.2) is 46.7 Å². The van der Waals surface area contributed by atoms with Gasteiger partial charge in [0.05, 0.1) is 18.6 Å². The third-order valence-electron chi connectivity index (χ3n) is 6.06. The summed E-state index contributed by atoms with van der Waals surface area (Å²) in [5.41, 5.74) is 1.76. The van der Waals surface area contributed by atoms with E-state index in [1.807, 2.05) is 12.2 Å². The van der Waals surface area contributed by atoms with Crippen LogP contribution in [0.3, 0.4) is 0 Å². The standard InChI is InChI=1S/C19H23NO4/c1-11(2)13-5-3-12(4-6-13)9-20-10-19-8-7-14(24-19)15(18(22)23)16(19)17(20)21/h3,7-8,13-16H,1,4-6,9-10H2,2H3,(H,22,23)/t13-,14-,15+,16+,19-/m1/s1. The molecule has 5 heteroatoms. The van der Waals surface area contributed by atoms with E-state index in [4.69, 9.17) is 4.74 Å². The molecule has 2 saturated heterocycles. The molecule has 3 heterocycles.